The number of anilines is 1. The van der Waals surface area contributed by atoms with Crippen LogP contribution in [0.25, 0.3) is 0 Å². The van der Waals surface area contributed by atoms with E-state index in [4.69, 9.17) is 5.73 Å². The second-order valence-electron chi connectivity index (χ2n) is 5.31. The van der Waals surface area contributed by atoms with Gasteiger partial charge in [-0.05, 0) is 36.6 Å². The largest absolute Gasteiger partial charge is 0.326 e. The van der Waals surface area contributed by atoms with Gasteiger partial charge in [0.05, 0.1) is 0 Å². The smallest absolute Gasteiger partial charge is 0.227 e. The average Bonchev–Trinajstić information content (AvgIpc) is 2.52. The Morgan fingerprint density at radius 2 is 1.81 bits per heavy atom. The number of hydrogen-bond acceptors (Lipinski definition) is 2. The van der Waals surface area contributed by atoms with Crippen molar-refractivity contribution in [1.29, 1.82) is 0 Å². The van der Waals surface area contributed by atoms with Crippen molar-refractivity contribution < 1.29 is 4.79 Å². The van der Waals surface area contributed by atoms with E-state index in [1.807, 2.05) is 37.4 Å². The highest BCUT2D eigenvalue weighted by Crippen LogP contribution is 2.15. The number of amides is 1. The lowest BCUT2D eigenvalue weighted by atomic mass is 10.1. The number of aryl methyl sites for hydroxylation is 2. The third-order valence-corrected chi connectivity index (χ3v) is 3.64. The fourth-order valence-corrected chi connectivity index (χ4v) is 2.29. The van der Waals surface area contributed by atoms with E-state index < -0.39 is 0 Å². The van der Waals surface area contributed by atoms with Crippen LogP contribution in [0, 0.1) is 6.92 Å². The molecule has 0 fully saturated rings. The van der Waals surface area contributed by atoms with Crippen molar-refractivity contribution >= 4 is 11.6 Å². The summed E-state index contributed by atoms with van der Waals surface area (Å²) in [4.78, 5) is 14.0. The second-order valence-corrected chi connectivity index (χ2v) is 5.31. The third kappa shape index (κ3) is 4.17. The maximum Gasteiger partial charge on any atom is 0.227 e. The van der Waals surface area contributed by atoms with Crippen LogP contribution in [0.4, 0.5) is 5.69 Å². The molecule has 0 saturated carbocycles. The molecule has 0 radical (unpaired) electrons. The van der Waals surface area contributed by atoms with Crippen molar-refractivity contribution in [1.82, 2.24) is 0 Å². The van der Waals surface area contributed by atoms with Crippen LogP contribution in [-0.4, -0.2) is 13.0 Å². The lowest BCUT2D eigenvalue weighted by Gasteiger charge is -2.17. The number of carbonyl (C=O) groups is 1. The van der Waals surface area contributed by atoms with Gasteiger partial charge < -0.3 is 10.6 Å². The summed E-state index contributed by atoms with van der Waals surface area (Å²) in [6.45, 7) is 2.59. The Labute approximate surface area is 126 Å². The molecule has 0 bridgehead atoms. The van der Waals surface area contributed by atoms with Gasteiger partial charge in [0, 0.05) is 25.7 Å². The van der Waals surface area contributed by atoms with Crippen LogP contribution >= 0.6 is 0 Å². The number of carbonyl (C=O) groups excluding carboxylic acids is 1. The van der Waals surface area contributed by atoms with Gasteiger partial charge in [-0.3, -0.25) is 4.79 Å². The molecule has 2 aromatic carbocycles. The number of nitrogens with two attached hydrogens (primary N) is 1. The summed E-state index contributed by atoms with van der Waals surface area (Å²) in [5.41, 5.74) is 9.98. The van der Waals surface area contributed by atoms with Gasteiger partial charge >= 0.3 is 0 Å². The summed E-state index contributed by atoms with van der Waals surface area (Å²) in [5.74, 6) is 0.122. The molecule has 0 saturated heterocycles. The summed E-state index contributed by atoms with van der Waals surface area (Å²) >= 11 is 0. The van der Waals surface area contributed by atoms with Crippen molar-refractivity contribution in [3.8, 4) is 0 Å². The number of benzene rings is 2. The predicted octanol–water partition coefficient (Wildman–Crippen LogP) is 3.05. The van der Waals surface area contributed by atoms with Gasteiger partial charge in [0.25, 0.3) is 0 Å². The topological polar surface area (TPSA) is 46.3 Å². The lowest BCUT2D eigenvalue weighted by Crippen LogP contribution is -2.26. The normalized spacial score (nSPS) is 10.4. The van der Waals surface area contributed by atoms with Gasteiger partial charge in [-0.2, -0.15) is 0 Å². The van der Waals surface area contributed by atoms with Crippen LogP contribution in [0.3, 0.4) is 0 Å². The first kappa shape index (κ1) is 15.3. The molecule has 0 aromatic heterocycles. The molecular formula is C18H22N2O. The SMILES string of the molecule is Cc1cccc(CCC(=O)N(C)c2ccc(CN)cc2)c1. The van der Waals surface area contributed by atoms with E-state index in [1.165, 1.54) is 11.1 Å². The minimum Gasteiger partial charge on any atom is -0.326 e. The fraction of sp³-hybridized carbons (Fsp3) is 0.278. The zero-order valence-electron chi connectivity index (χ0n) is 12.7. The molecule has 0 aliphatic carbocycles. The van der Waals surface area contributed by atoms with Gasteiger partial charge in [-0.15, -0.1) is 0 Å². The highest BCUT2D eigenvalue weighted by atomic mass is 16.2. The van der Waals surface area contributed by atoms with Crippen LogP contribution in [0.15, 0.2) is 48.5 Å². The molecule has 110 valence electrons. The molecule has 0 spiro atoms. The van der Waals surface area contributed by atoms with Gasteiger partial charge in [0.1, 0.15) is 0 Å². The fourth-order valence-electron chi connectivity index (χ4n) is 2.29. The summed E-state index contributed by atoms with van der Waals surface area (Å²) in [5, 5.41) is 0. The van der Waals surface area contributed by atoms with E-state index in [1.54, 1.807) is 4.90 Å². The molecule has 21 heavy (non-hydrogen) atoms. The standard InChI is InChI=1S/C18H22N2O/c1-14-4-3-5-15(12-14)8-11-18(21)20(2)17-9-6-16(13-19)7-10-17/h3-7,9-10,12H,8,11,13,19H2,1-2H3. The summed E-state index contributed by atoms with van der Waals surface area (Å²) in [7, 11) is 1.82. The number of rotatable bonds is 5. The Kier molecular flexibility index (Phi) is 5.12. The average molecular weight is 282 g/mol. The molecule has 3 nitrogen and oxygen atoms in total. The quantitative estimate of drug-likeness (QED) is 0.916. The van der Waals surface area contributed by atoms with Gasteiger partial charge in [0.15, 0.2) is 0 Å². The highest BCUT2D eigenvalue weighted by Gasteiger charge is 2.10. The van der Waals surface area contributed by atoms with Crippen molar-refractivity contribution in [3.63, 3.8) is 0 Å². The van der Waals surface area contributed by atoms with E-state index in [0.717, 1.165) is 17.7 Å². The molecule has 2 rings (SSSR count). The van der Waals surface area contributed by atoms with E-state index in [2.05, 4.69) is 25.1 Å². The first-order valence-electron chi connectivity index (χ1n) is 7.21. The van der Waals surface area contributed by atoms with Gasteiger partial charge in [-0.1, -0.05) is 42.0 Å². The molecule has 0 atom stereocenters. The van der Waals surface area contributed by atoms with E-state index in [0.29, 0.717) is 13.0 Å². The van der Waals surface area contributed by atoms with E-state index >= 15 is 0 Å². The lowest BCUT2D eigenvalue weighted by molar-refractivity contribution is -0.118. The first-order chi connectivity index (χ1) is 10.1. The van der Waals surface area contributed by atoms with Crippen LogP contribution in [-0.2, 0) is 17.8 Å². The molecule has 3 heteroatoms. The molecule has 0 unspecified atom stereocenters. The summed E-state index contributed by atoms with van der Waals surface area (Å²) in [6, 6.07) is 16.1. The van der Waals surface area contributed by atoms with Crippen molar-refractivity contribution in [3.05, 3.63) is 65.2 Å². The van der Waals surface area contributed by atoms with E-state index in [9.17, 15) is 4.79 Å². The Bertz CT molecular complexity index is 605. The monoisotopic (exact) mass is 282 g/mol. The van der Waals surface area contributed by atoms with Crippen molar-refractivity contribution in [2.24, 2.45) is 5.73 Å². The van der Waals surface area contributed by atoms with E-state index in [-0.39, 0.29) is 5.91 Å². The number of hydrogen-bond donors (Lipinski definition) is 1. The molecule has 0 aliphatic heterocycles. The Balaban J connectivity index is 1.95. The summed E-state index contributed by atoms with van der Waals surface area (Å²) < 4.78 is 0. The van der Waals surface area contributed by atoms with Crippen molar-refractivity contribution in [2.75, 3.05) is 11.9 Å². The van der Waals surface area contributed by atoms with Crippen LogP contribution < -0.4 is 10.6 Å². The number of nitrogens with zero attached hydrogens (tertiary/aromatic N) is 1. The molecule has 0 aliphatic rings. The maximum atomic E-state index is 12.3. The molecule has 2 N–H and O–H groups in total. The first-order valence-corrected chi connectivity index (χ1v) is 7.21. The summed E-state index contributed by atoms with van der Waals surface area (Å²) in [6.07, 6.45) is 1.28. The molecular weight excluding hydrogens is 260 g/mol. The van der Waals surface area contributed by atoms with Crippen LogP contribution in [0.2, 0.25) is 0 Å². The maximum absolute atomic E-state index is 12.3. The van der Waals surface area contributed by atoms with Crippen molar-refractivity contribution in [2.45, 2.75) is 26.3 Å². The Hall–Kier alpha value is -2.13. The highest BCUT2D eigenvalue weighted by molar-refractivity contribution is 5.92. The van der Waals surface area contributed by atoms with Crippen LogP contribution in [0.5, 0.6) is 0 Å². The third-order valence-electron chi connectivity index (χ3n) is 3.64. The Morgan fingerprint density at radius 3 is 2.43 bits per heavy atom. The van der Waals surface area contributed by atoms with Gasteiger partial charge in [0.2, 0.25) is 5.91 Å². The second kappa shape index (κ2) is 7.04. The molecule has 0 heterocycles. The zero-order valence-corrected chi connectivity index (χ0v) is 12.7. The minimum atomic E-state index is 0.122. The van der Waals surface area contributed by atoms with Crippen LogP contribution in [0.1, 0.15) is 23.1 Å². The Morgan fingerprint density at radius 1 is 1.10 bits per heavy atom. The zero-order chi connectivity index (χ0) is 15.2. The molecule has 1 amide bonds. The minimum absolute atomic E-state index is 0.122. The van der Waals surface area contributed by atoms with Gasteiger partial charge in [-0.25, -0.2) is 0 Å². The molecule has 2 aromatic rings. The predicted molar refractivity (Wildman–Crippen MR) is 87.2 cm³/mol.